The van der Waals surface area contributed by atoms with Gasteiger partial charge in [-0.25, -0.2) is 4.98 Å². The van der Waals surface area contributed by atoms with Crippen LogP contribution < -0.4 is 5.32 Å². The summed E-state index contributed by atoms with van der Waals surface area (Å²) >= 11 is 0. The number of hydrogen-bond donors (Lipinski definition) is 1. The van der Waals surface area contributed by atoms with E-state index in [-0.39, 0.29) is 5.82 Å². The van der Waals surface area contributed by atoms with E-state index in [9.17, 15) is 9.90 Å². The molecule has 14 heavy (non-hydrogen) atoms. The van der Waals surface area contributed by atoms with E-state index in [1.807, 2.05) is 13.8 Å². The summed E-state index contributed by atoms with van der Waals surface area (Å²) in [6, 6.07) is 1.21. The minimum atomic E-state index is -0.449. The van der Waals surface area contributed by atoms with Crippen molar-refractivity contribution in [2.45, 2.75) is 13.8 Å². The first-order chi connectivity index (χ1) is 6.59. The molecule has 0 spiro atoms. The highest BCUT2D eigenvalue weighted by molar-refractivity contribution is 5.90. The number of hydrogen-bond acceptors (Lipinski definition) is 3. The molecule has 1 rings (SSSR count). The number of aromatic nitrogens is 2. The van der Waals surface area contributed by atoms with Crippen molar-refractivity contribution in [1.29, 1.82) is 0 Å². The minimum absolute atomic E-state index is 0.0712. The monoisotopic (exact) mass is 194 g/mol. The van der Waals surface area contributed by atoms with Gasteiger partial charge in [0, 0.05) is 18.8 Å². The summed E-state index contributed by atoms with van der Waals surface area (Å²) in [5.74, 6) is -0.571. The zero-order valence-electron chi connectivity index (χ0n) is 8.15. The van der Waals surface area contributed by atoms with Gasteiger partial charge in [0.05, 0.1) is 0 Å². The number of nitrogens with one attached hydrogen (secondary N) is 1. The Morgan fingerprint density at radius 3 is 2.86 bits per heavy atom. The molecule has 5 heteroatoms. The van der Waals surface area contributed by atoms with E-state index in [0.29, 0.717) is 12.5 Å². The zero-order valence-corrected chi connectivity index (χ0v) is 8.15. The Morgan fingerprint density at radius 2 is 2.29 bits per heavy atom. The van der Waals surface area contributed by atoms with Crippen molar-refractivity contribution >= 4 is 5.91 Å². The standard InChI is InChI=1S/C9H12N3O2/c1-6(2)5-11-9(14)8-10-4-3-7(13)12-8/h3-4,6H,5H2,1-2H3,(H,11,14). The van der Waals surface area contributed by atoms with Crippen LogP contribution in [0.1, 0.15) is 24.5 Å². The highest BCUT2D eigenvalue weighted by Gasteiger charge is 2.09. The molecule has 1 radical (unpaired) electrons. The van der Waals surface area contributed by atoms with Gasteiger partial charge in [0.25, 0.3) is 11.8 Å². The summed E-state index contributed by atoms with van der Waals surface area (Å²) in [5, 5.41) is 13.4. The molecule has 0 unspecified atom stereocenters. The van der Waals surface area contributed by atoms with Crippen LogP contribution >= 0.6 is 0 Å². The summed E-state index contributed by atoms with van der Waals surface area (Å²) in [5.41, 5.74) is 0. The van der Waals surface area contributed by atoms with E-state index in [1.165, 1.54) is 12.3 Å². The lowest BCUT2D eigenvalue weighted by Crippen LogP contribution is -2.28. The maximum absolute atomic E-state index is 11.3. The first-order valence-electron chi connectivity index (χ1n) is 4.38. The van der Waals surface area contributed by atoms with Gasteiger partial charge in [-0.1, -0.05) is 13.8 Å². The van der Waals surface area contributed by atoms with Gasteiger partial charge in [-0.2, -0.15) is 4.98 Å². The molecule has 0 fully saturated rings. The third-order valence-corrected chi connectivity index (χ3v) is 1.50. The predicted molar refractivity (Wildman–Crippen MR) is 49.3 cm³/mol. The van der Waals surface area contributed by atoms with Crippen LogP contribution in [0.4, 0.5) is 0 Å². The van der Waals surface area contributed by atoms with Crippen LogP contribution in [0.15, 0.2) is 12.3 Å². The molecular weight excluding hydrogens is 182 g/mol. The Bertz CT molecular complexity index is 326. The third kappa shape index (κ3) is 3.01. The number of rotatable bonds is 3. The first-order valence-corrected chi connectivity index (χ1v) is 4.38. The van der Waals surface area contributed by atoms with Crippen molar-refractivity contribution in [2.75, 3.05) is 6.54 Å². The molecule has 0 atom stereocenters. The summed E-state index contributed by atoms with van der Waals surface area (Å²) in [6.45, 7) is 4.50. The average molecular weight is 194 g/mol. The van der Waals surface area contributed by atoms with Gasteiger partial charge >= 0.3 is 0 Å². The largest absolute Gasteiger partial charge is 0.349 e. The van der Waals surface area contributed by atoms with Crippen LogP contribution in [0.5, 0.6) is 5.88 Å². The molecule has 1 aromatic heterocycles. The summed E-state index contributed by atoms with van der Waals surface area (Å²) in [6.07, 6.45) is 1.28. The van der Waals surface area contributed by atoms with Crippen LogP contribution in [0.25, 0.3) is 0 Å². The van der Waals surface area contributed by atoms with E-state index < -0.39 is 11.8 Å². The Balaban J connectivity index is 2.61. The van der Waals surface area contributed by atoms with E-state index in [0.717, 1.165) is 0 Å². The second-order valence-electron chi connectivity index (χ2n) is 3.32. The Labute approximate surface area is 82.2 Å². The molecule has 1 N–H and O–H groups in total. The molecular formula is C9H12N3O2. The molecule has 0 saturated heterocycles. The molecule has 0 aliphatic rings. The van der Waals surface area contributed by atoms with Crippen molar-refractivity contribution in [3.05, 3.63) is 18.1 Å². The van der Waals surface area contributed by atoms with Gasteiger partial charge in [0.2, 0.25) is 5.82 Å². The van der Waals surface area contributed by atoms with Crippen LogP contribution in [-0.4, -0.2) is 22.4 Å². The zero-order chi connectivity index (χ0) is 10.6. The lowest BCUT2D eigenvalue weighted by atomic mass is 10.2. The number of carbonyl (C=O) groups is 1. The number of carbonyl (C=O) groups excluding carboxylic acids is 1. The minimum Gasteiger partial charge on any atom is -0.349 e. The van der Waals surface area contributed by atoms with Crippen molar-refractivity contribution < 1.29 is 9.90 Å². The van der Waals surface area contributed by atoms with Crippen LogP contribution in [-0.2, 0) is 5.11 Å². The van der Waals surface area contributed by atoms with Gasteiger partial charge < -0.3 is 5.32 Å². The quantitative estimate of drug-likeness (QED) is 0.780. The molecule has 0 saturated carbocycles. The molecule has 5 nitrogen and oxygen atoms in total. The molecule has 1 amide bonds. The second-order valence-corrected chi connectivity index (χ2v) is 3.32. The Kier molecular flexibility index (Phi) is 3.39. The fourth-order valence-corrected chi connectivity index (χ4v) is 0.827. The van der Waals surface area contributed by atoms with E-state index >= 15 is 0 Å². The summed E-state index contributed by atoms with van der Waals surface area (Å²) < 4.78 is 0. The number of nitrogens with zero attached hydrogens (tertiary/aromatic N) is 2. The second kappa shape index (κ2) is 4.55. The number of amides is 1. The van der Waals surface area contributed by atoms with Gasteiger partial charge in [-0.15, -0.1) is 0 Å². The Hall–Kier alpha value is -1.65. The summed E-state index contributed by atoms with van der Waals surface area (Å²) in [4.78, 5) is 18.5. The predicted octanol–water partition coefficient (Wildman–Crippen LogP) is 1.01. The summed E-state index contributed by atoms with van der Waals surface area (Å²) in [7, 11) is 0. The molecule has 1 heterocycles. The molecule has 0 bridgehead atoms. The molecule has 0 aliphatic carbocycles. The van der Waals surface area contributed by atoms with Crippen molar-refractivity contribution in [3.8, 4) is 5.88 Å². The van der Waals surface area contributed by atoms with E-state index in [1.54, 1.807) is 0 Å². The van der Waals surface area contributed by atoms with Crippen molar-refractivity contribution in [3.63, 3.8) is 0 Å². The van der Waals surface area contributed by atoms with Gasteiger partial charge in [0.1, 0.15) is 0 Å². The lowest BCUT2D eigenvalue weighted by Gasteiger charge is -2.05. The first kappa shape index (κ1) is 10.4. The van der Waals surface area contributed by atoms with Crippen LogP contribution in [0.3, 0.4) is 0 Å². The average Bonchev–Trinajstić information content (AvgIpc) is 2.14. The van der Waals surface area contributed by atoms with E-state index in [4.69, 9.17) is 0 Å². The molecule has 75 valence electrons. The van der Waals surface area contributed by atoms with Crippen LogP contribution in [0, 0.1) is 5.92 Å². The van der Waals surface area contributed by atoms with E-state index in [2.05, 4.69) is 15.3 Å². The van der Waals surface area contributed by atoms with Gasteiger partial charge in [-0.3, -0.25) is 9.90 Å². The fraction of sp³-hybridized carbons (Fsp3) is 0.444. The fourth-order valence-electron chi connectivity index (χ4n) is 0.827. The highest BCUT2D eigenvalue weighted by Crippen LogP contribution is 2.02. The maximum Gasteiger partial charge on any atom is 0.289 e. The topological polar surface area (TPSA) is 74.8 Å². The van der Waals surface area contributed by atoms with Crippen molar-refractivity contribution in [2.24, 2.45) is 5.92 Å². The Morgan fingerprint density at radius 1 is 1.57 bits per heavy atom. The smallest absolute Gasteiger partial charge is 0.289 e. The molecule has 0 aliphatic heterocycles. The van der Waals surface area contributed by atoms with Gasteiger partial charge in [-0.05, 0) is 5.92 Å². The highest BCUT2D eigenvalue weighted by atomic mass is 16.3. The SMILES string of the molecule is CC(C)CNC(=O)c1nccc([O])n1. The van der Waals surface area contributed by atoms with Crippen molar-refractivity contribution in [1.82, 2.24) is 15.3 Å². The normalized spacial score (nSPS) is 10.2. The molecule has 1 aromatic rings. The van der Waals surface area contributed by atoms with Gasteiger partial charge in [0.15, 0.2) is 0 Å². The molecule has 0 aromatic carbocycles. The van der Waals surface area contributed by atoms with Crippen LogP contribution in [0.2, 0.25) is 0 Å². The third-order valence-electron chi connectivity index (χ3n) is 1.50. The maximum atomic E-state index is 11.3. The lowest BCUT2D eigenvalue weighted by molar-refractivity contribution is 0.0936.